The van der Waals surface area contributed by atoms with Crippen molar-refractivity contribution in [1.82, 2.24) is 14.8 Å². The molecule has 3 fully saturated rings. The van der Waals surface area contributed by atoms with Crippen molar-refractivity contribution in [3.05, 3.63) is 35.9 Å². The van der Waals surface area contributed by atoms with Gasteiger partial charge in [0, 0.05) is 36.6 Å². The number of fused-ring (bicyclic) bond motifs is 3. The summed E-state index contributed by atoms with van der Waals surface area (Å²) in [6.07, 6.45) is 4.33. The number of aromatic nitrogens is 3. The van der Waals surface area contributed by atoms with E-state index in [2.05, 4.69) is 10.2 Å². The maximum absolute atomic E-state index is 13.2. The Labute approximate surface area is 169 Å². The molecule has 0 atom stereocenters. The molecule has 0 spiro atoms. The Balaban J connectivity index is 0.00000210. The van der Waals surface area contributed by atoms with Crippen LogP contribution in [0.1, 0.15) is 44.3 Å². The van der Waals surface area contributed by atoms with Gasteiger partial charge in [-0.1, -0.05) is 0 Å². The van der Waals surface area contributed by atoms with Gasteiger partial charge in [-0.15, -0.1) is 10.2 Å². The normalized spacial score (nSPS) is 26.5. The van der Waals surface area contributed by atoms with E-state index < -0.39 is 11.4 Å². The maximum atomic E-state index is 13.2. The van der Waals surface area contributed by atoms with Gasteiger partial charge in [-0.25, -0.2) is 4.39 Å². The van der Waals surface area contributed by atoms with E-state index in [4.69, 9.17) is 0 Å². The molecule has 0 aliphatic heterocycles. The summed E-state index contributed by atoms with van der Waals surface area (Å²) < 4.78 is 15.2. The van der Waals surface area contributed by atoms with Gasteiger partial charge in [-0.05, 0) is 62.8 Å². The standard InChI is InChI=1S/C19H23FN4O2.Li/c1-23(14-5-3-13(20)4-6-14)17-22-21-15(24(17)2)18-7-10-19(11-8-18,12-9-18)16(25)26;/h3-6H,7-12H2,1-2H3,(H,25,26);/q;+1/p-1. The Bertz CT molecular complexity index is 827. The first kappa shape index (κ1) is 19.9. The number of hydrogen-bond donors (Lipinski definition) is 0. The number of carboxylic acids is 1. The summed E-state index contributed by atoms with van der Waals surface area (Å²) in [4.78, 5) is 13.4. The van der Waals surface area contributed by atoms with E-state index in [1.807, 2.05) is 23.6 Å². The van der Waals surface area contributed by atoms with E-state index in [1.54, 1.807) is 12.1 Å². The molecule has 5 rings (SSSR count). The number of carbonyl (C=O) groups is 1. The molecule has 1 heterocycles. The largest absolute Gasteiger partial charge is 1.00 e. The minimum absolute atomic E-state index is 0. The van der Waals surface area contributed by atoms with Crippen molar-refractivity contribution in [1.29, 1.82) is 0 Å². The first-order valence-corrected chi connectivity index (χ1v) is 8.98. The molecule has 1 aromatic carbocycles. The Morgan fingerprint density at radius 1 is 1.11 bits per heavy atom. The zero-order chi connectivity index (χ0) is 18.5. The molecule has 2 bridgehead atoms. The van der Waals surface area contributed by atoms with Gasteiger partial charge < -0.3 is 14.8 Å². The van der Waals surface area contributed by atoms with Crippen LogP contribution in [0.2, 0.25) is 0 Å². The van der Waals surface area contributed by atoms with Crippen LogP contribution in [0.25, 0.3) is 0 Å². The fourth-order valence-electron chi connectivity index (χ4n) is 4.68. The molecule has 0 amide bonds. The Kier molecular flexibility index (Phi) is 5.13. The van der Waals surface area contributed by atoms with Crippen molar-refractivity contribution in [3.63, 3.8) is 0 Å². The van der Waals surface area contributed by atoms with Crippen LogP contribution in [0.4, 0.5) is 16.0 Å². The van der Waals surface area contributed by atoms with Crippen molar-refractivity contribution in [2.45, 2.75) is 43.9 Å². The van der Waals surface area contributed by atoms with E-state index in [-0.39, 0.29) is 30.1 Å². The van der Waals surface area contributed by atoms with Crippen LogP contribution in [0, 0.1) is 11.2 Å². The minimum Gasteiger partial charge on any atom is -0.550 e. The SMILES string of the molecule is CN(c1ccc(F)cc1)c1nnc(C23CCC(C(=O)[O-])(CC2)CC3)n1C.[Li+]. The number of nitrogens with zero attached hydrogens (tertiary/aromatic N) is 4. The van der Waals surface area contributed by atoms with E-state index in [9.17, 15) is 14.3 Å². The Morgan fingerprint density at radius 2 is 1.67 bits per heavy atom. The molecule has 2 aromatic rings. The molecule has 6 nitrogen and oxygen atoms in total. The Hall–Kier alpha value is -1.84. The summed E-state index contributed by atoms with van der Waals surface area (Å²) in [5, 5.41) is 20.4. The summed E-state index contributed by atoms with van der Waals surface area (Å²) in [6.45, 7) is 0. The number of rotatable bonds is 4. The molecule has 0 unspecified atom stereocenters. The summed E-state index contributed by atoms with van der Waals surface area (Å²) in [7, 11) is 3.82. The fourth-order valence-corrected chi connectivity index (χ4v) is 4.68. The second kappa shape index (κ2) is 6.96. The van der Waals surface area contributed by atoms with Gasteiger partial charge in [-0.2, -0.15) is 0 Å². The van der Waals surface area contributed by atoms with Crippen molar-refractivity contribution < 1.29 is 33.2 Å². The molecule has 138 valence electrons. The van der Waals surface area contributed by atoms with E-state index >= 15 is 0 Å². The summed E-state index contributed by atoms with van der Waals surface area (Å²) in [5.41, 5.74) is 0.0729. The number of anilines is 2. The molecule has 0 radical (unpaired) electrons. The summed E-state index contributed by atoms with van der Waals surface area (Å²) in [6, 6.07) is 6.25. The second-order valence-corrected chi connectivity index (χ2v) is 7.77. The smallest absolute Gasteiger partial charge is 0.550 e. The molecule has 0 saturated heterocycles. The van der Waals surface area contributed by atoms with Crippen LogP contribution in [0.15, 0.2) is 24.3 Å². The summed E-state index contributed by atoms with van der Waals surface area (Å²) >= 11 is 0. The number of benzene rings is 1. The van der Waals surface area contributed by atoms with Gasteiger partial charge in [0.05, 0.1) is 0 Å². The predicted molar refractivity (Wildman–Crippen MR) is 92.3 cm³/mol. The average molecular weight is 364 g/mol. The number of halogens is 1. The van der Waals surface area contributed by atoms with Crippen LogP contribution >= 0.6 is 0 Å². The fraction of sp³-hybridized carbons (Fsp3) is 0.526. The number of aliphatic carboxylic acids is 1. The molecule has 3 aliphatic rings. The third kappa shape index (κ3) is 3.07. The average Bonchev–Trinajstić information content (AvgIpc) is 3.05. The molecule has 8 heteroatoms. The van der Waals surface area contributed by atoms with Crippen LogP contribution in [-0.4, -0.2) is 27.8 Å². The molecule has 0 N–H and O–H groups in total. The number of hydrogen-bond acceptors (Lipinski definition) is 5. The van der Waals surface area contributed by atoms with Gasteiger partial charge in [0.2, 0.25) is 5.95 Å². The second-order valence-electron chi connectivity index (χ2n) is 7.77. The van der Waals surface area contributed by atoms with Crippen LogP contribution in [-0.2, 0) is 17.3 Å². The zero-order valence-corrected chi connectivity index (χ0v) is 16.0. The quantitative estimate of drug-likeness (QED) is 0.656. The topological polar surface area (TPSA) is 74.1 Å². The van der Waals surface area contributed by atoms with Crippen molar-refractivity contribution in [2.75, 3.05) is 11.9 Å². The maximum Gasteiger partial charge on any atom is 1.00 e. The van der Waals surface area contributed by atoms with Gasteiger partial charge in [0.25, 0.3) is 0 Å². The molecule has 27 heavy (non-hydrogen) atoms. The summed E-state index contributed by atoms with van der Waals surface area (Å²) in [5.74, 6) is 0.414. The molecular formula is C19H22FLiN4O2. The van der Waals surface area contributed by atoms with E-state index in [0.29, 0.717) is 25.2 Å². The molecule has 3 aliphatic carbocycles. The van der Waals surface area contributed by atoms with Gasteiger partial charge >= 0.3 is 18.9 Å². The monoisotopic (exact) mass is 364 g/mol. The van der Waals surface area contributed by atoms with Gasteiger partial charge in [0.15, 0.2) is 0 Å². The molecule has 1 aromatic heterocycles. The first-order valence-electron chi connectivity index (χ1n) is 8.98. The van der Waals surface area contributed by atoms with Crippen molar-refractivity contribution >= 4 is 17.6 Å². The van der Waals surface area contributed by atoms with Crippen molar-refractivity contribution in [2.24, 2.45) is 12.5 Å². The minimum atomic E-state index is -0.902. The third-order valence-electron chi connectivity index (χ3n) is 6.52. The van der Waals surface area contributed by atoms with Crippen molar-refractivity contribution in [3.8, 4) is 0 Å². The number of carboxylic acid groups (broad SMARTS) is 1. The van der Waals surface area contributed by atoms with E-state index in [0.717, 1.165) is 30.8 Å². The first-order chi connectivity index (χ1) is 12.4. The van der Waals surface area contributed by atoms with Gasteiger partial charge in [-0.3, -0.25) is 4.57 Å². The van der Waals surface area contributed by atoms with E-state index in [1.165, 1.54) is 12.1 Å². The number of carbonyl (C=O) groups excluding carboxylic acids is 1. The Morgan fingerprint density at radius 3 is 2.19 bits per heavy atom. The van der Waals surface area contributed by atoms with Crippen LogP contribution in [0.3, 0.4) is 0 Å². The predicted octanol–water partition coefficient (Wildman–Crippen LogP) is -0.932. The molecule has 3 saturated carbocycles. The van der Waals surface area contributed by atoms with Crippen LogP contribution in [0.5, 0.6) is 0 Å². The van der Waals surface area contributed by atoms with Gasteiger partial charge in [0.1, 0.15) is 11.6 Å². The zero-order valence-electron chi connectivity index (χ0n) is 16.0. The third-order valence-corrected chi connectivity index (χ3v) is 6.52. The van der Waals surface area contributed by atoms with Crippen LogP contribution < -0.4 is 28.9 Å². The molecular weight excluding hydrogens is 342 g/mol.